The third kappa shape index (κ3) is 2.23. The predicted octanol–water partition coefficient (Wildman–Crippen LogP) is 2.77. The van der Waals surface area contributed by atoms with Crippen LogP contribution in [-0.4, -0.2) is 13.1 Å². The number of carbonyl (C=O) groups excluding carboxylic acids is 1. The van der Waals surface area contributed by atoms with Gasteiger partial charge in [-0.2, -0.15) is 0 Å². The molecule has 1 aliphatic carbocycles. The van der Waals surface area contributed by atoms with Gasteiger partial charge < -0.3 is 4.74 Å². The van der Waals surface area contributed by atoms with Crippen molar-refractivity contribution in [3.05, 3.63) is 0 Å². The summed E-state index contributed by atoms with van der Waals surface area (Å²) in [4.78, 5) is 11.5. The van der Waals surface area contributed by atoms with Crippen LogP contribution in [0.4, 0.5) is 0 Å². The number of carbonyl (C=O) groups is 1. The standard InChI is InChI=1S/C11H20O2/c1-10(2)5-7-11(3,8-6-10)9(12)13-4/h5-8H2,1-4H3. The molecular formula is C11H20O2. The van der Waals surface area contributed by atoms with Crippen LogP contribution in [-0.2, 0) is 9.53 Å². The molecule has 0 amide bonds. The molecule has 0 aliphatic heterocycles. The summed E-state index contributed by atoms with van der Waals surface area (Å²) in [5.74, 6) is -0.0389. The SMILES string of the molecule is COC(=O)C1(C)CCC(C)(C)CC1. The smallest absolute Gasteiger partial charge is 0.311 e. The fourth-order valence-electron chi connectivity index (χ4n) is 1.93. The second kappa shape index (κ2) is 3.32. The van der Waals surface area contributed by atoms with Gasteiger partial charge in [-0.15, -0.1) is 0 Å². The number of rotatable bonds is 1. The number of hydrogen-bond acceptors (Lipinski definition) is 2. The van der Waals surface area contributed by atoms with Gasteiger partial charge in [0.25, 0.3) is 0 Å². The summed E-state index contributed by atoms with van der Waals surface area (Å²) in [7, 11) is 1.48. The van der Waals surface area contributed by atoms with Crippen molar-refractivity contribution in [1.82, 2.24) is 0 Å². The van der Waals surface area contributed by atoms with Gasteiger partial charge in [-0.1, -0.05) is 13.8 Å². The zero-order chi connectivity index (χ0) is 10.1. The Hall–Kier alpha value is -0.530. The second-order valence-electron chi connectivity index (χ2n) is 5.22. The van der Waals surface area contributed by atoms with Crippen molar-refractivity contribution in [1.29, 1.82) is 0 Å². The summed E-state index contributed by atoms with van der Waals surface area (Å²) >= 11 is 0. The van der Waals surface area contributed by atoms with E-state index in [1.54, 1.807) is 0 Å². The maximum atomic E-state index is 11.5. The molecule has 0 bridgehead atoms. The molecule has 0 heterocycles. The Labute approximate surface area is 80.7 Å². The van der Waals surface area contributed by atoms with Gasteiger partial charge in [0.2, 0.25) is 0 Å². The van der Waals surface area contributed by atoms with Crippen LogP contribution in [0.25, 0.3) is 0 Å². The minimum Gasteiger partial charge on any atom is -0.469 e. The molecule has 0 atom stereocenters. The molecule has 0 unspecified atom stereocenters. The third-order valence-electron chi connectivity index (χ3n) is 3.39. The van der Waals surface area contributed by atoms with E-state index in [-0.39, 0.29) is 11.4 Å². The number of methoxy groups -OCH3 is 1. The zero-order valence-corrected chi connectivity index (χ0v) is 9.14. The number of ether oxygens (including phenoxy) is 1. The van der Waals surface area contributed by atoms with Crippen LogP contribution in [0, 0.1) is 10.8 Å². The third-order valence-corrected chi connectivity index (χ3v) is 3.39. The average molecular weight is 184 g/mol. The molecule has 0 spiro atoms. The first-order valence-corrected chi connectivity index (χ1v) is 4.98. The normalized spacial score (nSPS) is 25.2. The molecule has 0 aromatic heterocycles. The van der Waals surface area contributed by atoms with E-state index < -0.39 is 0 Å². The van der Waals surface area contributed by atoms with Crippen LogP contribution in [0.2, 0.25) is 0 Å². The molecule has 0 N–H and O–H groups in total. The minimum atomic E-state index is -0.218. The Balaban J connectivity index is 2.61. The molecule has 1 aliphatic rings. The monoisotopic (exact) mass is 184 g/mol. The Morgan fingerprint density at radius 2 is 1.54 bits per heavy atom. The van der Waals surface area contributed by atoms with Crippen molar-refractivity contribution in [3.63, 3.8) is 0 Å². The first-order chi connectivity index (χ1) is 5.90. The summed E-state index contributed by atoms with van der Waals surface area (Å²) in [6, 6.07) is 0. The molecule has 1 saturated carbocycles. The van der Waals surface area contributed by atoms with Crippen LogP contribution in [0.3, 0.4) is 0 Å². The Kier molecular flexibility index (Phi) is 2.69. The van der Waals surface area contributed by atoms with Gasteiger partial charge in [0.15, 0.2) is 0 Å². The van der Waals surface area contributed by atoms with Gasteiger partial charge in [-0.3, -0.25) is 4.79 Å². The number of esters is 1. The van der Waals surface area contributed by atoms with Gasteiger partial charge in [-0.05, 0) is 38.0 Å². The van der Waals surface area contributed by atoms with E-state index in [4.69, 9.17) is 4.74 Å². The summed E-state index contributed by atoms with van der Waals surface area (Å²) < 4.78 is 4.82. The maximum Gasteiger partial charge on any atom is 0.311 e. The van der Waals surface area contributed by atoms with Gasteiger partial charge >= 0.3 is 5.97 Å². The summed E-state index contributed by atoms with van der Waals surface area (Å²) in [6.07, 6.45) is 4.18. The lowest BCUT2D eigenvalue weighted by Gasteiger charge is -2.39. The van der Waals surface area contributed by atoms with Crippen LogP contribution in [0.5, 0.6) is 0 Å². The van der Waals surface area contributed by atoms with E-state index in [9.17, 15) is 4.79 Å². The Bertz CT molecular complexity index is 196. The average Bonchev–Trinajstić information content (AvgIpc) is 2.09. The van der Waals surface area contributed by atoms with Gasteiger partial charge in [0.1, 0.15) is 0 Å². The van der Waals surface area contributed by atoms with E-state index in [1.807, 2.05) is 6.92 Å². The van der Waals surface area contributed by atoms with Crippen molar-refractivity contribution in [2.75, 3.05) is 7.11 Å². The van der Waals surface area contributed by atoms with Crippen molar-refractivity contribution >= 4 is 5.97 Å². The maximum absolute atomic E-state index is 11.5. The molecule has 0 saturated heterocycles. The summed E-state index contributed by atoms with van der Waals surface area (Å²) in [6.45, 7) is 6.56. The topological polar surface area (TPSA) is 26.3 Å². The van der Waals surface area contributed by atoms with Crippen LogP contribution >= 0.6 is 0 Å². The second-order valence-corrected chi connectivity index (χ2v) is 5.22. The summed E-state index contributed by atoms with van der Waals surface area (Å²) in [5.41, 5.74) is 0.192. The predicted molar refractivity (Wildman–Crippen MR) is 52.4 cm³/mol. The molecule has 76 valence electrons. The molecular weight excluding hydrogens is 164 g/mol. The van der Waals surface area contributed by atoms with E-state index in [2.05, 4.69) is 13.8 Å². The van der Waals surface area contributed by atoms with Crippen molar-refractivity contribution in [2.45, 2.75) is 46.5 Å². The highest BCUT2D eigenvalue weighted by Crippen LogP contribution is 2.45. The van der Waals surface area contributed by atoms with Crippen molar-refractivity contribution in [2.24, 2.45) is 10.8 Å². The highest BCUT2D eigenvalue weighted by molar-refractivity contribution is 5.76. The fourth-order valence-corrected chi connectivity index (χ4v) is 1.93. The lowest BCUT2D eigenvalue weighted by atomic mass is 9.66. The van der Waals surface area contributed by atoms with Crippen LogP contribution in [0.15, 0.2) is 0 Å². The highest BCUT2D eigenvalue weighted by atomic mass is 16.5. The lowest BCUT2D eigenvalue weighted by molar-refractivity contribution is -0.154. The van der Waals surface area contributed by atoms with Gasteiger partial charge in [0, 0.05) is 0 Å². The first kappa shape index (κ1) is 10.6. The van der Waals surface area contributed by atoms with Gasteiger partial charge in [0.05, 0.1) is 12.5 Å². The van der Waals surface area contributed by atoms with Crippen molar-refractivity contribution in [3.8, 4) is 0 Å². The minimum absolute atomic E-state index is 0.0389. The van der Waals surface area contributed by atoms with Crippen LogP contribution < -0.4 is 0 Å². The van der Waals surface area contributed by atoms with Gasteiger partial charge in [-0.25, -0.2) is 0 Å². The highest BCUT2D eigenvalue weighted by Gasteiger charge is 2.40. The summed E-state index contributed by atoms with van der Waals surface area (Å²) in [5, 5.41) is 0. The Morgan fingerprint density at radius 1 is 1.08 bits per heavy atom. The molecule has 0 aromatic rings. The molecule has 1 fully saturated rings. The molecule has 0 radical (unpaired) electrons. The number of hydrogen-bond donors (Lipinski definition) is 0. The lowest BCUT2D eigenvalue weighted by Crippen LogP contribution is -2.36. The molecule has 2 heteroatoms. The quantitative estimate of drug-likeness (QED) is 0.586. The van der Waals surface area contributed by atoms with Crippen LogP contribution in [0.1, 0.15) is 46.5 Å². The molecule has 1 rings (SSSR count). The fraction of sp³-hybridized carbons (Fsp3) is 0.909. The van der Waals surface area contributed by atoms with E-state index in [0.717, 1.165) is 25.7 Å². The van der Waals surface area contributed by atoms with E-state index in [0.29, 0.717) is 5.41 Å². The zero-order valence-electron chi connectivity index (χ0n) is 9.14. The van der Waals surface area contributed by atoms with Crippen molar-refractivity contribution < 1.29 is 9.53 Å². The van der Waals surface area contributed by atoms with E-state index >= 15 is 0 Å². The van der Waals surface area contributed by atoms with E-state index in [1.165, 1.54) is 7.11 Å². The largest absolute Gasteiger partial charge is 0.469 e. The molecule has 0 aromatic carbocycles. The Morgan fingerprint density at radius 3 is 1.92 bits per heavy atom. The molecule has 2 nitrogen and oxygen atoms in total. The molecule has 13 heavy (non-hydrogen) atoms. The first-order valence-electron chi connectivity index (χ1n) is 4.98.